The highest BCUT2D eigenvalue weighted by Crippen LogP contribution is 2.43. The molecule has 2 heteroatoms. The van der Waals surface area contributed by atoms with E-state index in [1.165, 1.54) is 64.2 Å². The molecule has 102 valence electrons. The van der Waals surface area contributed by atoms with Crippen LogP contribution in [-0.2, 0) is 4.74 Å². The molecule has 0 amide bonds. The summed E-state index contributed by atoms with van der Waals surface area (Å²) in [5, 5.41) is 0. The molecule has 18 heavy (non-hydrogen) atoms. The molecule has 3 aliphatic rings. The first-order chi connectivity index (χ1) is 8.76. The summed E-state index contributed by atoms with van der Waals surface area (Å²) >= 11 is 0. The van der Waals surface area contributed by atoms with Crippen molar-refractivity contribution in [3.63, 3.8) is 0 Å². The fraction of sp³-hybridized carbons (Fsp3) is 0.875. The Morgan fingerprint density at radius 3 is 2.72 bits per heavy atom. The number of ether oxygens (including phenoxy) is 1. The molecule has 2 atom stereocenters. The number of nitrogens with two attached hydrogens (primary N) is 1. The molecule has 1 heterocycles. The summed E-state index contributed by atoms with van der Waals surface area (Å²) in [5.41, 5.74) is 7.86. The smallest absolute Gasteiger partial charge is 0.0687 e. The molecule has 0 aromatic heterocycles. The van der Waals surface area contributed by atoms with Crippen LogP contribution in [0.4, 0.5) is 0 Å². The van der Waals surface area contributed by atoms with Crippen LogP contribution in [0.5, 0.6) is 0 Å². The molecule has 0 radical (unpaired) electrons. The van der Waals surface area contributed by atoms with Gasteiger partial charge in [0.15, 0.2) is 0 Å². The number of rotatable bonds is 2. The van der Waals surface area contributed by atoms with Crippen LogP contribution in [0.25, 0.3) is 0 Å². The third kappa shape index (κ3) is 2.80. The number of hydrogen-bond donors (Lipinski definition) is 1. The SMILES string of the molecule is NC1C=C(CC2CCC3(CCCCC3)O2)CCC1. The zero-order valence-electron chi connectivity index (χ0n) is 11.5. The van der Waals surface area contributed by atoms with E-state index in [1.54, 1.807) is 5.57 Å². The Kier molecular flexibility index (Phi) is 3.76. The van der Waals surface area contributed by atoms with Crippen molar-refractivity contribution in [2.75, 3.05) is 0 Å². The van der Waals surface area contributed by atoms with Crippen molar-refractivity contribution in [3.05, 3.63) is 11.6 Å². The zero-order chi connectivity index (χ0) is 12.4. The minimum Gasteiger partial charge on any atom is -0.371 e. The van der Waals surface area contributed by atoms with Gasteiger partial charge in [0, 0.05) is 6.04 Å². The molecule has 1 saturated heterocycles. The highest BCUT2D eigenvalue weighted by molar-refractivity contribution is 5.12. The van der Waals surface area contributed by atoms with E-state index in [4.69, 9.17) is 10.5 Å². The van der Waals surface area contributed by atoms with Crippen molar-refractivity contribution in [1.82, 2.24) is 0 Å². The molecule has 2 aliphatic carbocycles. The van der Waals surface area contributed by atoms with Crippen molar-refractivity contribution in [2.24, 2.45) is 5.73 Å². The summed E-state index contributed by atoms with van der Waals surface area (Å²) in [6.07, 6.45) is 17.0. The van der Waals surface area contributed by atoms with Crippen LogP contribution in [0.2, 0.25) is 0 Å². The molecule has 2 fully saturated rings. The van der Waals surface area contributed by atoms with Crippen molar-refractivity contribution in [1.29, 1.82) is 0 Å². The first-order valence-corrected chi connectivity index (χ1v) is 7.89. The molecule has 2 N–H and O–H groups in total. The van der Waals surface area contributed by atoms with Gasteiger partial charge in [-0.3, -0.25) is 0 Å². The lowest BCUT2D eigenvalue weighted by molar-refractivity contribution is -0.0630. The van der Waals surface area contributed by atoms with E-state index < -0.39 is 0 Å². The first-order valence-electron chi connectivity index (χ1n) is 7.89. The normalized spacial score (nSPS) is 35.7. The second-order valence-corrected chi connectivity index (χ2v) is 6.61. The van der Waals surface area contributed by atoms with Gasteiger partial charge < -0.3 is 10.5 Å². The summed E-state index contributed by atoms with van der Waals surface area (Å²) in [5.74, 6) is 0. The van der Waals surface area contributed by atoms with E-state index in [1.807, 2.05) is 0 Å². The fourth-order valence-corrected chi connectivity index (χ4v) is 4.10. The molecule has 1 aliphatic heterocycles. The van der Waals surface area contributed by atoms with Crippen LogP contribution < -0.4 is 5.73 Å². The Labute approximate surface area is 111 Å². The molecule has 0 bridgehead atoms. The van der Waals surface area contributed by atoms with Crippen LogP contribution in [0.3, 0.4) is 0 Å². The maximum absolute atomic E-state index is 6.45. The Hall–Kier alpha value is -0.340. The van der Waals surface area contributed by atoms with E-state index in [2.05, 4.69) is 6.08 Å². The monoisotopic (exact) mass is 249 g/mol. The molecule has 3 rings (SSSR count). The molecule has 1 saturated carbocycles. The van der Waals surface area contributed by atoms with Crippen molar-refractivity contribution in [3.8, 4) is 0 Å². The average Bonchev–Trinajstić information content (AvgIpc) is 2.73. The lowest BCUT2D eigenvalue weighted by Gasteiger charge is -2.33. The van der Waals surface area contributed by atoms with Gasteiger partial charge in [0.1, 0.15) is 0 Å². The van der Waals surface area contributed by atoms with E-state index in [9.17, 15) is 0 Å². The van der Waals surface area contributed by atoms with E-state index in [0.29, 0.717) is 12.1 Å². The maximum Gasteiger partial charge on any atom is 0.0687 e. The van der Waals surface area contributed by atoms with Crippen LogP contribution in [-0.4, -0.2) is 17.7 Å². The predicted octanol–water partition coefficient (Wildman–Crippen LogP) is 3.70. The lowest BCUT2D eigenvalue weighted by Crippen LogP contribution is -2.31. The Balaban J connectivity index is 1.55. The van der Waals surface area contributed by atoms with Gasteiger partial charge in [-0.1, -0.05) is 30.9 Å². The molecule has 0 aromatic rings. The van der Waals surface area contributed by atoms with E-state index >= 15 is 0 Å². The Morgan fingerprint density at radius 1 is 1.11 bits per heavy atom. The molecule has 1 spiro atoms. The molecule has 2 unspecified atom stereocenters. The van der Waals surface area contributed by atoms with Crippen molar-refractivity contribution >= 4 is 0 Å². The highest BCUT2D eigenvalue weighted by Gasteiger charge is 2.40. The summed E-state index contributed by atoms with van der Waals surface area (Å²) in [4.78, 5) is 0. The van der Waals surface area contributed by atoms with Gasteiger partial charge in [0.2, 0.25) is 0 Å². The van der Waals surface area contributed by atoms with Crippen molar-refractivity contribution < 1.29 is 4.74 Å². The summed E-state index contributed by atoms with van der Waals surface area (Å²) in [7, 11) is 0. The van der Waals surface area contributed by atoms with Gasteiger partial charge in [-0.05, 0) is 51.4 Å². The molecule has 0 aromatic carbocycles. The van der Waals surface area contributed by atoms with Crippen LogP contribution in [0.1, 0.15) is 70.6 Å². The Morgan fingerprint density at radius 2 is 1.94 bits per heavy atom. The minimum absolute atomic E-state index is 0.278. The van der Waals surface area contributed by atoms with Gasteiger partial charge in [-0.2, -0.15) is 0 Å². The predicted molar refractivity (Wildman–Crippen MR) is 74.4 cm³/mol. The lowest BCUT2D eigenvalue weighted by atomic mass is 9.83. The molecular formula is C16H27NO. The van der Waals surface area contributed by atoms with Crippen LogP contribution in [0.15, 0.2) is 11.6 Å². The zero-order valence-corrected chi connectivity index (χ0v) is 11.5. The average molecular weight is 249 g/mol. The largest absolute Gasteiger partial charge is 0.371 e. The molecular weight excluding hydrogens is 222 g/mol. The second-order valence-electron chi connectivity index (χ2n) is 6.61. The second kappa shape index (κ2) is 5.34. The third-order valence-corrected chi connectivity index (χ3v) is 5.08. The van der Waals surface area contributed by atoms with Crippen LogP contribution in [0, 0.1) is 0 Å². The van der Waals surface area contributed by atoms with Gasteiger partial charge in [0.05, 0.1) is 11.7 Å². The van der Waals surface area contributed by atoms with E-state index in [0.717, 1.165) is 6.42 Å². The van der Waals surface area contributed by atoms with Gasteiger partial charge >= 0.3 is 0 Å². The van der Waals surface area contributed by atoms with E-state index in [-0.39, 0.29) is 5.60 Å². The minimum atomic E-state index is 0.278. The highest BCUT2D eigenvalue weighted by atomic mass is 16.5. The van der Waals surface area contributed by atoms with Crippen molar-refractivity contribution in [2.45, 2.75) is 88.4 Å². The summed E-state index contributed by atoms with van der Waals surface area (Å²) < 4.78 is 6.45. The quantitative estimate of drug-likeness (QED) is 0.757. The third-order valence-electron chi connectivity index (χ3n) is 5.08. The van der Waals surface area contributed by atoms with Gasteiger partial charge in [0.25, 0.3) is 0 Å². The Bertz CT molecular complexity index is 317. The fourth-order valence-electron chi connectivity index (χ4n) is 4.10. The molecule has 2 nitrogen and oxygen atoms in total. The van der Waals surface area contributed by atoms with Crippen LogP contribution >= 0.6 is 0 Å². The standard InChI is InChI=1S/C16H27NO/c17-14-6-4-5-13(11-14)12-15-7-10-16(18-15)8-2-1-3-9-16/h11,14-15H,1-10,12,17H2. The summed E-state index contributed by atoms with van der Waals surface area (Å²) in [6.45, 7) is 0. The summed E-state index contributed by atoms with van der Waals surface area (Å²) in [6, 6.07) is 0.304. The first kappa shape index (κ1) is 12.7. The van der Waals surface area contributed by atoms with Gasteiger partial charge in [-0.25, -0.2) is 0 Å². The number of hydrogen-bond acceptors (Lipinski definition) is 2. The maximum atomic E-state index is 6.45. The topological polar surface area (TPSA) is 35.2 Å². The van der Waals surface area contributed by atoms with Gasteiger partial charge in [-0.15, -0.1) is 0 Å².